The van der Waals surface area contributed by atoms with Gasteiger partial charge < -0.3 is 0 Å². The fourth-order valence-electron chi connectivity index (χ4n) is 5.32. The zero-order valence-corrected chi connectivity index (χ0v) is 13.6. The van der Waals surface area contributed by atoms with E-state index in [0.29, 0.717) is 16.2 Å². The average molecular weight is 349 g/mol. The van der Waals surface area contributed by atoms with Crippen molar-refractivity contribution in [3.05, 3.63) is 5.25 Å². The van der Waals surface area contributed by atoms with Crippen LogP contribution in [-0.4, -0.2) is 0 Å². The highest BCUT2D eigenvalue weighted by molar-refractivity contribution is 14.2. The molecule has 3 aliphatic rings. The van der Waals surface area contributed by atoms with Gasteiger partial charge in [-0.1, -0.05) is 13.8 Å². The second-order valence-corrected chi connectivity index (χ2v) is 8.80. The second-order valence-electron chi connectivity index (χ2n) is 6.91. The van der Waals surface area contributed by atoms with E-state index in [1.807, 2.05) is 5.25 Å². The maximum absolute atomic E-state index is 2.56. The Morgan fingerprint density at radius 3 is 2.31 bits per heavy atom. The molecule has 3 rings (SSSR count). The monoisotopic (exact) mass is 349 g/mol. The van der Waals surface area contributed by atoms with Gasteiger partial charge in [0.05, 0.1) is 21.2 Å². The van der Waals surface area contributed by atoms with Crippen molar-refractivity contribution in [2.75, 3.05) is 0 Å². The van der Waals surface area contributed by atoms with Crippen LogP contribution in [0, 0.1) is 27.4 Å². The van der Waals surface area contributed by atoms with Crippen LogP contribution in [0.5, 0.6) is 0 Å². The Kier molecular flexibility index (Phi) is 2.62. The van der Waals surface area contributed by atoms with Gasteiger partial charge in [-0.05, 0) is 45.4 Å². The fraction of sp³-hybridized carbons (Fsp3) is 0.929. The molecule has 0 amide bonds. The Morgan fingerprint density at radius 1 is 1.12 bits per heavy atom. The third-order valence-electron chi connectivity index (χ3n) is 6.42. The van der Waals surface area contributed by atoms with Gasteiger partial charge in [0.1, 0.15) is 19.8 Å². The van der Waals surface area contributed by atoms with E-state index < -0.39 is 0 Å². The lowest BCUT2D eigenvalue weighted by molar-refractivity contribution is 0.139. The first-order valence-corrected chi connectivity index (χ1v) is 10.0. The summed E-state index contributed by atoms with van der Waals surface area (Å²) in [7, 11) is 2.08. The molecule has 2 atom stereocenters. The summed E-state index contributed by atoms with van der Waals surface area (Å²) in [4.78, 5) is 0. The summed E-state index contributed by atoms with van der Waals surface area (Å²) in [5.41, 5.74) is 1.71. The van der Waals surface area contributed by atoms with Crippen molar-refractivity contribution in [3.8, 4) is 0 Å². The highest BCUT2D eigenvalue weighted by Gasteiger charge is 2.81. The topological polar surface area (TPSA) is 0 Å². The summed E-state index contributed by atoms with van der Waals surface area (Å²) < 4.78 is 0. The Bertz CT molecular complexity index is 306. The normalized spacial score (nSPS) is 43.5. The molecule has 90 valence electrons. The Hall–Kier alpha value is 0.950. The summed E-state index contributed by atoms with van der Waals surface area (Å²) in [6, 6.07) is 0. The van der Waals surface area contributed by atoms with Crippen LogP contribution in [0.25, 0.3) is 0 Å². The quantitative estimate of drug-likeness (QED) is 0.437. The molecule has 0 aromatic rings. The first-order valence-electron chi connectivity index (χ1n) is 6.65. The number of hydrogen-bond donors (Lipinski definition) is 0. The molecule has 2 heteroatoms. The molecule has 0 aliphatic heterocycles. The summed E-state index contributed by atoms with van der Waals surface area (Å²) >= 11 is 2.55. The van der Waals surface area contributed by atoms with Crippen LogP contribution in [0.3, 0.4) is 0 Å². The minimum absolute atomic E-state index is 0.522. The predicted molar refractivity (Wildman–Crippen MR) is 80.4 cm³/mol. The standard InChI is InChI=1S/C14H22IS/c1-12(2)10-6-9-13(12,3)11(16-15)14(10)7-4-5-8-14/h10H,4-9H2,1-3H3/q+1/t10-,13-/m0/s1. The van der Waals surface area contributed by atoms with Crippen LogP contribution < -0.4 is 0 Å². The van der Waals surface area contributed by atoms with Gasteiger partial charge in [0.15, 0.2) is 5.25 Å². The van der Waals surface area contributed by atoms with E-state index in [4.69, 9.17) is 0 Å². The SMILES string of the molecule is CC1(C)[C@@H]2CC[C@@]1(C)[C+](SI)C21CCCC1. The van der Waals surface area contributed by atoms with Crippen molar-refractivity contribution in [1.82, 2.24) is 0 Å². The van der Waals surface area contributed by atoms with Crippen molar-refractivity contribution in [1.29, 1.82) is 0 Å². The molecule has 3 fully saturated rings. The summed E-state index contributed by atoms with van der Waals surface area (Å²) in [6.07, 6.45) is 8.86. The maximum atomic E-state index is 2.56. The van der Waals surface area contributed by atoms with Gasteiger partial charge in [-0.2, -0.15) is 0 Å². The van der Waals surface area contributed by atoms with Gasteiger partial charge >= 0.3 is 0 Å². The molecule has 0 heterocycles. The van der Waals surface area contributed by atoms with Crippen LogP contribution in [-0.2, 0) is 0 Å². The molecule has 0 aromatic carbocycles. The van der Waals surface area contributed by atoms with Gasteiger partial charge in [0.2, 0.25) is 0 Å². The van der Waals surface area contributed by atoms with Crippen LogP contribution >= 0.6 is 30.1 Å². The molecule has 16 heavy (non-hydrogen) atoms. The van der Waals surface area contributed by atoms with E-state index in [1.54, 1.807) is 0 Å². The molecule has 0 saturated heterocycles. The second kappa shape index (κ2) is 3.49. The molecular weight excluding hydrogens is 327 g/mol. The minimum Gasteiger partial charge on any atom is -0.0548 e. The molecule has 3 saturated carbocycles. The number of rotatable bonds is 1. The van der Waals surface area contributed by atoms with E-state index >= 15 is 0 Å². The number of halogens is 1. The molecule has 2 bridgehead atoms. The zero-order valence-electron chi connectivity index (χ0n) is 10.6. The first-order chi connectivity index (χ1) is 7.49. The van der Waals surface area contributed by atoms with Crippen molar-refractivity contribution < 1.29 is 0 Å². The summed E-state index contributed by atoms with van der Waals surface area (Å²) in [5.74, 6) is 0.977. The number of hydrogen-bond acceptors (Lipinski definition) is 1. The molecule has 3 aliphatic carbocycles. The van der Waals surface area contributed by atoms with Gasteiger partial charge in [-0.25, -0.2) is 0 Å². The Morgan fingerprint density at radius 2 is 1.75 bits per heavy atom. The molecule has 0 unspecified atom stereocenters. The van der Waals surface area contributed by atoms with Crippen molar-refractivity contribution in [2.24, 2.45) is 22.2 Å². The van der Waals surface area contributed by atoms with Crippen LogP contribution in [0.15, 0.2) is 0 Å². The Balaban J connectivity index is 2.09. The van der Waals surface area contributed by atoms with Gasteiger partial charge in [0.25, 0.3) is 0 Å². The van der Waals surface area contributed by atoms with Gasteiger partial charge in [-0.15, -0.1) is 0 Å². The molecule has 0 radical (unpaired) electrons. The molecular formula is C14H22IS+. The van der Waals surface area contributed by atoms with E-state index in [2.05, 4.69) is 50.9 Å². The van der Waals surface area contributed by atoms with E-state index in [-0.39, 0.29) is 0 Å². The smallest absolute Gasteiger partial charge is 0.0548 e. The van der Waals surface area contributed by atoms with Crippen molar-refractivity contribution in [3.63, 3.8) is 0 Å². The van der Waals surface area contributed by atoms with Crippen molar-refractivity contribution >= 4 is 30.1 Å². The average Bonchev–Trinajstić information content (AvgIpc) is 2.78. The third kappa shape index (κ3) is 1.12. The predicted octanol–water partition coefficient (Wildman–Crippen LogP) is 5.62. The summed E-state index contributed by atoms with van der Waals surface area (Å²) in [6.45, 7) is 7.65. The van der Waals surface area contributed by atoms with Crippen LogP contribution in [0.1, 0.15) is 59.3 Å². The largest absolute Gasteiger partial charge is 0.180 e. The molecule has 0 N–H and O–H groups in total. The van der Waals surface area contributed by atoms with E-state index in [1.165, 1.54) is 38.5 Å². The minimum atomic E-state index is 0.522. The number of fused-ring (bicyclic) bond motifs is 3. The first kappa shape index (κ1) is 12.0. The molecule has 0 aromatic heterocycles. The lowest BCUT2D eigenvalue weighted by Crippen LogP contribution is -2.33. The van der Waals surface area contributed by atoms with Gasteiger partial charge in [-0.3, -0.25) is 0 Å². The van der Waals surface area contributed by atoms with Crippen LogP contribution in [0.2, 0.25) is 0 Å². The zero-order chi connectivity index (χ0) is 11.6. The Labute approximate surface area is 116 Å². The lowest BCUT2D eigenvalue weighted by atomic mass is 9.68. The lowest BCUT2D eigenvalue weighted by Gasteiger charge is -2.32. The summed E-state index contributed by atoms with van der Waals surface area (Å²) in [5, 5.41) is 1.87. The highest BCUT2D eigenvalue weighted by Crippen LogP contribution is 2.82. The fourth-order valence-corrected chi connectivity index (χ4v) is 9.13. The van der Waals surface area contributed by atoms with Crippen molar-refractivity contribution in [2.45, 2.75) is 59.3 Å². The van der Waals surface area contributed by atoms with Gasteiger partial charge in [0, 0.05) is 11.3 Å². The molecule has 0 nitrogen and oxygen atoms in total. The third-order valence-corrected chi connectivity index (χ3v) is 8.75. The molecule has 1 spiro atoms. The van der Waals surface area contributed by atoms with E-state index in [9.17, 15) is 0 Å². The highest BCUT2D eigenvalue weighted by atomic mass is 127. The van der Waals surface area contributed by atoms with Crippen LogP contribution in [0.4, 0.5) is 0 Å². The van der Waals surface area contributed by atoms with E-state index in [0.717, 1.165) is 5.92 Å². The maximum Gasteiger partial charge on any atom is 0.180 e.